The molecule has 1 heterocycles. The third-order valence-electron chi connectivity index (χ3n) is 1.83. The minimum atomic E-state index is 0.196. The molecule has 0 aliphatic heterocycles. The van der Waals surface area contributed by atoms with Crippen molar-refractivity contribution in [3.63, 3.8) is 0 Å². The first kappa shape index (κ1) is 8.43. The van der Waals surface area contributed by atoms with Crippen LogP contribution >= 0.6 is 0 Å². The van der Waals surface area contributed by atoms with Gasteiger partial charge >= 0.3 is 0 Å². The van der Waals surface area contributed by atoms with Crippen molar-refractivity contribution in [1.82, 2.24) is 15.0 Å². The van der Waals surface area contributed by atoms with Crippen LogP contribution in [0, 0.1) is 5.41 Å². The van der Waals surface area contributed by atoms with Crippen LogP contribution < -0.4 is 5.73 Å². The molecule has 0 unspecified atom stereocenters. The highest BCUT2D eigenvalue weighted by atomic mass is 15.4. The van der Waals surface area contributed by atoms with Crippen molar-refractivity contribution < 1.29 is 0 Å². The number of benzene rings is 1. The summed E-state index contributed by atoms with van der Waals surface area (Å²) in [6.45, 7) is 0. The zero-order chi connectivity index (χ0) is 9.97. The van der Waals surface area contributed by atoms with Gasteiger partial charge in [0.15, 0.2) is 0 Å². The van der Waals surface area contributed by atoms with Crippen molar-refractivity contribution in [2.75, 3.05) is 0 Å². The minimum Gasteiger partial charge on any atom is -0.404 e. The van der Waals surface area contributed by atoms with E-state index in [0.29, 0.717) is 0 Å². The molecule has 0 fully saturated rings. The van der Waals surface area contributed by atoms with Crippen LogP contribution in [0.3, 0.4) is 0 Å². The molecule has 14 heavy (non-hydrogen) atoms. The number of fused-ring (bicyclic) bond motifs is 1. The molecule has 0 radical (unpaired) electrons. The molecule has 0 spiro atoms. The molecule has 0 bridgehead atoms. The van der Waals surface area contributed by atoms with Crippen molar-refractivity contribution in [3.8, 4) is 0 Å². The van der Waals surface area contributed by atoms with E-state index >= 15 is 0 Å². The van der Waals surface area contributed by atoms with Crippen molar-refractivity contribution in [1.29, 1.82) is 5.41 Å². The highest BCUT2D eigenvalue weighted by Crippen LogP contribution is 2.09. The first-order valence-electron chi connectivity index (χ1n) is 4.10. The van der Waals surface area contributed by atoms with Gasteiger partial charge in [0.25, 0.3) is 0 Å². The largest absolute Gasteiger partial charge is 0.404 e. The van der Waals surface area contributed by atoms with Crippen LogP contribution in [0.4, 0.5) is 0 Å². The van der Waals surface area contributed by atoms with Crippen LogP contribution in [0.2, 0.25) is 0 Å². The number of allylic oxidation sites excluding steroid dienone is 1. The fraction of sp³-hybridized carbons (Fsp3) is 0. The summed E-state index contributed by atoms with van der Waals surface area (Å²) in [5.74, 6) is 0.196. The molecule has 5 nitrogen and oxygen atoms in total. The number of hydrogen-bond donors (Lipinski definition) is 2. The molecular weight excluding hydrogens is 178 g/mol. The van der Waals surface area contributed by atoms with Crippen LogP contribution in [0.1, 0.15) is 0 Å². The average molecular weight is 187 g/mol. The molecule has 0 amide bonds. The lowest BCUT2D eigenvalue weighted by molar-refractivity contribution is 0.859. The molecule has 2 aromatic rings. The lowest BCUT2D eigenvalue weighted by Crippen LogP contribution is -2.09. The van der Waals surface area contributed by atoms with Crippen LogP contribution in [-0.4, -0.2) is 20.8 Å². The summed E-state index contributed by atoms with van der Waals surface area (Å²) in [6.07, 6.45) is 2.76. The molecule has 5 heteroatoms. The molecule has 3 N–H and O–H groups in total. The van der Waals surface area contributed by atoms with Gasteiger partial charge in [-0.05, 0) is 24.4 Å². The van der Waals surface area contributed by atoms with Gasteiger partial charge in [0.1, 0.15) is 11.4 Å². The highest BCUT2D eigenvalue weighted by molar-refractivity contribution is 5.97. The normalized spacial score (nSPS) is 11.1. The summed E-state index contributed by atoms with van der Waals surface area (Å²) in [7, 11) is 0. The Hall–Kier alpha value is -2.17. The fourth-order valence-corrected chi connectivity index (χ4v) is 1.21. The van der Waals surface area contributed by atoms with E-state index in [4.69, 9.17) is 11.1 Å². The standard InChI is InChI=1S/C9H9N5/c10-6-5-9(11)14-8-4-2-1-3-7(8)12-13-14/h1-6,11H,10H2. The monoisotopic (exact) mass is 187 g/mol. The third-order valence-corrected chi connectivity index (χ3v) is 1.83. The Labute approximate surface area is 80.3 Å². The van der Waals surface area contributed by atoms with Gasteiger partial charge in [0.05, 0.1) is 5.52 Å². The van der Waals surface area contributed by atoms with Gasteiger partial charge < -0.3 is 5.73 Å². The van der Waals surface area contributed by atoms with E-state index in [9.17, 15) is 0 Å². The Kier molecular flexibility index (Phi) is 1.98. The van der Waals surface area contributed by atoms with Crippen LogP contribution in [0.15, 0.2) is 36.5 Å². The second-order valence-corrected chi connectivity index (χ2v) is 2.73. The van der Waals surface area contributed by atoms with Gasteiger partial charge in [-0.1, -0.05) is 17.3 Å². The topological polar surface area (TPSA) is 80.6 Å². The quantitative estimate of drug-likeness (QED) is 0.510. The summed E-state index contributed by atoms with van der Waals surface area (Å²) in [5, 5.41) is 15.4. The van der Waals surface area contributed by atoms with Gasteiger partial charge in [-0.15, -0.1) is 5.10 Å². The maximum Gasteiger partial charge on any atom is 0.149 e. The zero-order valence-electron chi connectivity index (χ0n) is 7.38. The first-order valence-corrected chi connectivity index (χ1v) is 4.10. The van der Waals surface area contributed by atoms with E-state index in [0.717, 1.165) is 11.0 Å². The SMILES string of the molecule is N=C(C=CN)n1nnc2ccccc21. The molecule has 70 valence electrons. The molecule has 1 aromatic heterocycles. The van der Waals surface area contributed by atoms with Gasteiger partial charge in [0, 0.05) is 0 Å². The van der Waals surface area contributed by atoms with Crippen molar-refractivity contribution >= 4 is 16.9 Å². The molecule has 0 aliphatic carbocycles. The Balaban J connectivity index is 2.58. The number of nitrogens with two attached hydrogens (primary N) is 1. The van der Waals surface area contributed by atoms with Crippen molar-refractivity contribution in [2.24, 2.45) is 5.73 Å². The van der Waals surface area contributed by atoms with Gasteiger partial charge in [-0.3, -0.25) is 5.41 Å². The molecular formula is C9H9N5. The molecule has 0 saturated carbocycles. The number of hydrogen-bond acceptors (Lipinski definition) is 4. The first-order chi connectivity index (χ1) is 6.83. The lowest BCUT2D eigenvalue weighted by Gasteiger charge is -1.97. The second kappa shape index (κ2) is 3.29. The summed E-state index contributed by atoms with van der Waals surface area (Å²) in [6, 6.07) is 7.46. The Morgan fingerprint density at radius 1 is 1.43 bits per heavy atom. The summed E-state index contributed by atoms with van der Waals surface area (Å²) in [5.41, 5.74) is 6.76. The number of nitrogens with zero attached hydrogens (tertiary/aromatic N) is 3. The molecule has 1 aromatic carbocycles. The van der Waals surface area contributed by atoms with Crippen LogP contribution in [-0.2, 0) is 0 Å². The summed E-state index contributed by atoms with van der Waals surface area (Å²) < 4.78 is 1.43. The molecule has 2 rings (SSSR count). The molecule has 0 atom stereocenters. The number of aromatic nitrogens is 3. The number of para-hydroxylation sites is 1. The number of nitrogens with one attached hydrogen (secondary N) is 1. The van der Waals surface area contributed by atoms with E-state index in [2.05, 4.69) is 10.3 Å². The van der Waals surface area contributed by atoms with Gasteiger partial charge in [0.2, 0.25) is 0 Å². The van der Waals surface area contributed by atoms with E-state index in [1.54, 1.807) is 0 Å². The van der Waals surface area contributed by atoms with E-state index in [1.807, 2.05) is 24.3 Å². The third kappa shape index (κ3) is 1.24. The highest BCUT2D eigenvalue weighted by Gasteiger charge is 2.04. The maximum absolute atomic E-state index is 7.62. The van der Waals surface area contributed by atoms with E-state index < -0.39 is 0 Å². The summed E-state index contributed by atoms with van der Waals surface area (Å²) in [4.78, 5) is 0. The van der Waals surface area contributed by atoms with E-state index in [-0.39, 0.29) is 5.84 Å². The molecule has 0 aliphatic rings. The maximum atomic E-state index is 7.62. The Morgan fingerprint density at radius 3 is 3.00 bits per heavy atom. The Bertz CT molecular complexity index is 497. The predicted octanol–water partition coefficient (Wildman–Crippen LogP) is 0.729. The van der Waals surface area contributed by atoms with E-state index in [1.165, 1.54) is 17.0 Å². The summed E-state index contributed by atoms with van der Waals surface area (Å²) >= 11 is 0. The number of rotatable bonds is 1. The second-order valence-electron chi connectivity index (χ2n) is 2.73. The average Bonchev–Trinajstić information content (AvgIpc) is 2.61. The Morgan fingerprint density at radius 2 is 2.21 bits per heavy atom. The minimum absolute atomic E-state index is 0.196. The smallest absolute Gasteiger partial charge is 0.149 e. The lowest BCUT2D eigenvalue weighted by atomic mass is 10.3. The van der Waals surface area contributed by atoms with Crippen LogP contribution in [0.25, 0.3) is 11.0 Å². The van der Waals surface area contributed by atoms with Crippen LogP contribution in [0.5, 0.6) is 0 Å². The zero-order valence-corrected chi connectivity index (χ0v) is 7.38. The van der Waals surface area contributed by atoms with Crippen molar-refractivity contribution in [3.05, 3.63) is 36.5 Å². The van der Waals surface area contributed by atoms with Gasteiger partial charge in [-0.2, -0.15) is 4.68 Å². The fourth-order valence-electron chi connectivity index (χ4n) is 1.21. The molecule has 0 saturated heterocycles. The van der Waals surface area contributed by atoms with Gasteiger partial charge in [-0.25, -0.2) is 0 Å². The predicted molar refractivity (Wildman–Crippen MR) is 54.0 cm³/mol. The van der Waals surface area contributed by atoms with Crippen molar-refractivity contribution in [2.45, 2.75) is 0 Å².